The van der Waals surface area contributed by atoms with E-state index in [1.165, 1.54) is 0 Å². The van der Waals surface area contributed by atoms with Crippen LogP contribution in [0.25, 0.3) is 0 Å². The molecule has 0 aromatic heterocycles. The number of rotatable bonds is 2. The Balaban J connectivity index is 0. The van der Waals surface area contributed by atoms with Gasteiger partial charge in [-0.3, -0.25) is 22.8 Å². The van der Waals surface area contributed by atoms with Gasteiger partial charge in [-0.1, -0.05) is 6.92 Å². The van der Waals surface area contributed by atoms with Gasteiger partial charge in [0.2, 0.25) is 0 Å². The summed E-state index contributed by atoms with van der Waals surface area (Å²) in [5.74, 6) is 0. The molecule has 0 spiro atoms. The van der Waals surface area contributed by atoms with E-state index in [4.69, 9.17) is 1.37 Å². The van der Waals surface area contributed by atoms with Gasteiger partial charge in [-0.25, -0.2) is 0 Å². The van der Waals surface area contributed by atoms with E-state index < -0.39 is 6.26 Å². The zero-order valence-electron chi connectivity index (χ0n) is 8.68. The van der Waals surface area contributed by atoms with Gasteiger partial charge in [-0.15, -0.1) is 6.92 Å². The Kier molecular flexibility index (Phi) is 8.45. The van der Waals surface area contributed by atoms with Crippen LogP contribution in [0.4, 0.5) is 0 Å². The van der Waals surface area contributed by atoms with E-state index in [1.54, 1.807) is 0 Å². The fraction of sp³-hybridized carbons (Fsp3) is 0.300. The van der Waals surface area contributed by atoms with Crippen LogP contribution in [-0.4, -0.2) is 6.26 Å². The summed E-state index contributed by atoms with van der Waals surface area (Å²) in [5, 5.41) is 0. The van der Waals surface area contributed by atoms with Gasteiger partial charge < -0.3 is 16.9 Å². The van der Waals surface area contributed by atoms with Gasteiger partial charge in [0, 0.05) is 53.8 Å². The third kappa shape index (κ3) is 5.20. The number of aryl methyl sites for hydroxylation is 2. The van der Waals surface area contributed by atoms with E-state index in [9.17, 15) is 4.79 Å². The summed E-state index contributed by atoms with van der Waals surface area (Å²) in [6.45, 7) is 3.77. The molecule has 67 valence electrons. The van der Waals surface area contributed by atoms with Crippen LogP contribution in [0, 0.1) is 26.0 Å². The monoisotopic (exact) mass is 421 g/mol. The molecule has 0 fully saturated rings. The van der Waals surface area contributed by atoms with Gasteiger partial charge >= 0.3 is 0 Å². The van der Waals surface area contributed by atoms with Gasteiger partial charge in [-0.2, -0.15) is 0 Å². The van der Waals surface area contributed by atoms with Crippen LogP contribution in [0.1, 0.15) is 18.1 Å². The second kappa shape index (κ2) is 8.03. The molecule has 0 bridgehead atoms. The maximum absolute atomic E-state index is 10.5. The van der Waals surface area contributed by atoms with E-state index in [1.807, 2.05) is 19.9 Å². The van der Waals surface area contributed by atoms with Gasteiger partial charge in [-0.05, 0) is 6.42 Å². The molecule has 0 saturated carbocycles. The second-order valence-corrected chi connectivity index (χ2v) is 2.52. The first-order valence-corrected chi connectivity index (χ1v) is 3.49. The third-order valence-electron chi connectivity index (χ3n) is 1.57. The molecule has 3 heteroatoms. The molecule has 0 aliphatic heterocycles. The molecular formula is C10H10OWY-2. The summed E-state index contributed by atoms with van der Waals surface area (Å²) >= 11 is 0. The normalized spacial score (nSPS) is 9.23. The zero-order chi connectivity index (χ0) is 9.14. The van der Waals surface area contributed by atoms with Crippen LogP contribution < -0.4 is 0 Å². The molecular weight excluding hydrogens is 409 g/mol. The van der Waals surface area contributed by atoms with Crippen LogP contribution in [-0.2, 0) is 65.0 Å². The standard InChI is InChI=1S/C10H10O.W.Y/c1-8-3-4-9(2)10(7-8)5-6-11;;/h4,6H,5H2,1-2H3;;/q-2;;/i6T;;. The minimum absolute atomic E-state index is 0. The van der Waals surface area contributed by atoms with Crippen LogP contribution >= 0.6 is 0 Å². The molecule has 0 atom stereocenters. The Morgan fingerprint density at radius 1 is 1.62 bits per heavy atom. The predicted molar refractivity (Wildman–Crippen MR) is 43.4 cm³/mol. The number of aldehydes is 1. The number of hydrogen-bond donors (Lipinski definition) is 0. The van der Waals surface area contributed by atoms with E-state index in [-0.39, 0.29) is 60.2 Å². The van der Waals surface area contributed by atoms with Crippen molar-refractivity contribution in [3.05, 3.63) is 34.9 Å². The molecule has 0 amide bonds. The Bertz CT molecular complexity index is 315. The molecule has 1 aromatic carbocycles. The average Bonchev–Trinajstić information content (AvgIpc) is 1.96. The number of carbonyl (C=O) groups is 1. The largest absolute Gasteiger partial charge is 0.356 e. The fourth-order valence-electron chi connectivity index (χ4n) is 0.920. The smallest absolute Gasteiger partial charge is 0.120 e. The third-order valence-corrected chi connectivity index (χ3v) is 1.57. The Morgan fingerprint density at radius 3 is 2.77 bits per heavy atom. The summed E-state index contributed by atoms with van der Waals surface area (Å²) in [4.78, 5) is 10.5. The molecule has 0 unspecified atom stereocenters. The minimum atomic E-state index is -0.569. The van der Waals surface area contributed by atoms with Crippen molar-refractivity contribution in [2.45, 2.75) is 20.3 Å². The van der Waals surface area contributed by atoms with E-state index >= 15 is 0 Å². The first-order chi connectivity index (χ1) is 5.59. The summed E-state index contributed by atoms with van der Waals surface area (Å²) < 4.78 is 6.81. The maximum atomic E-state index is 10.5. The molecule has 0 N–H and O–H groups in total. The first-order valence-electron chi connectivity index (χ1n) is 3.99. The molecule has 13 heavy (non-hydrogen) atoms. The molecule has 1 nitrogen and oxygen atoms in total. The van der Waals surface area contributed by atoms with Crippen molar-refractivity contribution in [3.8, 4) is 0 Å². The maximum Gasteiger partial charge on any atom is 0.120 e. The quantitative estimate of drug-likeness (QED) is 0.525. The minimum Gasteiger partial charge on any atom is -0.356 e. The van der Waals surface area contributed by atoms with Crippen LogP contribution in [0.2, 0.25) is 0 Å². The van der Waals surface area contributed by atoms with Crippen molar-refractivity contribution >= 4 is 6.26 Å². The van der Waals surface area contributed by atoms with E-state index in [0.717, 1.165) is 16.7 Å². The second-order valence-electron chi connectivity index (χ2n) is 2.52. The Morgan fingerprint density at radius 2 is 2.23 bits per heavy atom. The summed E-state index contributed by atoms with van der Waals surface area (Å²) in [6, 6.07) is 7.82. The van der Waals surface area contributed by atoms with Gasteiger partial charge in [0.25, 0.3) is 0 Å². The van der Waals surface area contributed by atoms with Crippen molar-refractivity contribution in [1.29, 1.82) is 0 Å². The van der Waals surface area contributed by atoms with Crippen molar-refractivity contribution in [2.75, 3.05) is 0 Å². The molecule has 0 aliphatic rings. The topological polar surface area (TPSA) is 17.1 Å². The van der Waals surface area contributed by atoms with E-state index in [0.29, 0.717) is 0 Å². The molecule has 1 radical (unpaired) electrons. The summed E-state index contributed by atoms with van der Waals surface area (Å²) in [6.07, 6.45) is -0.415. The Hall–Kier alpha value is 0.682. The summed E-state index contributed by atoms with van der Waals surface area (Å²) in [7, 11) is 0. The molecule has 1 aromatic rings. The van der Waals surface area contributed by atoms with Crippen molar-refractivity contribution in [1.82, 2.24) is 0 Å². The van der Waals surface area contributed by atoms with Crippen molar-refractivity contribution in [3.63, 3.8) is 0 Å². The predicted octanol–water partition coefficient (Wildman–Crippen LogP) is 1.64. The number of benzene rings is 1. The van der Waals surface area contributed by atoms with Gasteiger partial charge in [0.1, 0.15) is 7.63 Å². The SMILES string of the molecule is [3H]C(=O)Cc1[c-]c(C)[c-]cc1C.[W].[Y]. The van der Waals surface area contributed by atoms with Gasteiger partial charge in [0.15, 0.2) is 0 Å². The zero-order valence-corrected chi connectivity index (χ0v) is 13.5. The van der Waals surface area contributed by atoms with Crippen LogP contribution in [0.3, 0.4) is 0 Å². The molecule has 0 aliphatic carbocycles. The summed E-state index contributed by atoms with van der Waals surface area (Å²) in [5.41, 5.74) is 2.67. The molecule has 0 saturated heterocycles. The molecule has 0 heterocycles. The molecule has 1 rings (SSSR count). The average molecular weight is 421 g/mol. The van der Waals surface area contributed by atoms with E-state index in [2.05, 4.69) is 12.1 Å². The van der Waals surface area contributed by atoms with Crippen LogP contribution in [0.15, 0.2) is 6.07 Å². The van der Waals surface area contributed by atoms with Crippen molar-refractivity contribution in [2.24, 2.45) is 0 Å². The number of hydrogen-bond acceptors (Lipinski definition) is 1. The number of carbonyl (C=O) groups excluding carboxylic acids is 1. The van der Waals surface area contributed by atoms with Crippen molar-refractivity contribution < 1.29 is 59.9 Å². The first kappa shape index (κ1) is 13.7. The van der Waals surface area contributed by atoms with Crippen LogP contribution in [0.5, 0.6) is 0 Å². The fourth-order valence-corrected chi connectivity index (χ4v) is 0.920. The van der Waals surface area contributed by atoms with Gasteiger partial charge in [0.05, 0.1) is 0 Å². The Labute approximate surface area is 120 Å².